The second-order valence-corrected chi connectivity index (χ2v) is 11.5. The van der Waals surface area contributed by atoms with Crippen molar-refractivity contribution in [2.45, 2.75) is 50.9 Å². The molecule has 0 aliphatic carbocycles. The van der Waals surface area contributed by atoms with Crippen LogP contribution in [0.2, 0.25) is 10.0 Å². The van der Waals surface area contributed by atoms with Crippen LogP contribution in [0.15, 0.2) is 23.6 Å². The normalized spacial score (nSPS) is 16.3. The number of fused-ring (bicyclic) bond motifs is 1. The van der Waals surface area contributed by atoms with Gasteiger partial charge in [0.05, 0.1) is 21.3 Å². The lowest BCUT2D eigenvalue weighted by Gasteiger charge is -2.37. The molecular formula is C25H29Cl2N3O7S. The van der Waals surface area contributed by atoms with Crippen LogP contribution in [0.3, 0.4) is 0 Å². The van der Waals surface area contributed by atoms with Crippen molar-refractivity contribution >= 4 is 74.6 Å². The number of aliphatic carboxylic acids is 1. The highest BCUT2D eigenvalue weighted by Gasteiger charge is 2.41. The number of likely N-dealkylation sites (tertiary alicyclic amines) is 1. The number of halogens is 2. The highest BCUT2D eigenvalue weighted by molar-refractivity contribution is 7.18. The van der Waals surface area contributed by atoms with E-state index >= 15 is 0 Å². The van der Waals surface area contributed by atoms with Crippen molar-refractivity contribution in [3.05, 3.63) is 39.2 Å². The quantitative estimate of drug-likeness (QED) is 0.363. The molecule has 2 heterocycles. The van der Waals surface area contributed by atoms with Crippen molar-refractivity contribution in [3.8, 4) is 0 Å². The standard InChI is InChI=1S/C25H29Cl2N3O7S/c1-24(2,3)37-23(35)28-13-16(21(32)33)29-22(34)25(36)7-9-30(10-8-25)17(31)5-4-14-12-15-6-11-38-20(15)19(27)18(14)26/h4-6,11-12,16,36H,7-10,13H2,1-3H3,(H,28,35)(H,29,34)(H,32,33)/b5-4+/t16-/m0/s1. The zero-order valence-electron chi connectivity index (χ0n) is 21.0. The summed E-state index contributed by atoms with van der Waals surface area (Å²) in [6.07, 6.45) is 1.88. The van der Waals surface area contributed by atoms with Crippen LogP contribution in [-0.2, 0) is 19.1 Å². The number of amides is 3. The second-order valence-electron chi connectivity index (χ2n) is 9.87. The van der Waals surface area contributed by atoms with E-state index in [1.807, 2.05) is 17.5 Å². The maximum absolute atomic E-state index is 12.7. The molecule has 1 saturated heterocycles. The zero-order chi connectivity index (χ0) is 28.3. The number of thiophene rings is 1. The molecule has 0 radical (unpaired) electrons. The predicted molar refractivity (Wildman–Crippen MR) is 145 cm³/mol. The van der Waals surface area contributed by atoms with Crippen LogP contribution in [-0.4, -0.2) is 75.9 Å². The van der Waals surface area contributed by atoms with Crippen LogP contribution < -0.4 is 10.6 Å². The Labute approximate surface area is 233 Å². The van der Waals surface area contributed by atoms with E-state index in [9.17, 15) is 29.4 Å². The minimum Gasteiger partial charge on any atom is -0.480 e. The summed E-state index contributed by atoms with van der Waals surface area (Å²) in [5, 5.41) is 28.4. The Balaban J connectivity index is 1.56. The second kappa shape index (κ2) is 11.9. The summed E-state index contributed by atoms with van der Waals surface area (Å²) in [6.45, 7) is 4.66. The number of nitrogens with one attached hydrogen (secondary N) is 2. The van der Waals surface area contributed by atoms with E-state index in [0.717, 1.165) is 10.1 Å². The van der Waals surface area contributed by atoms with E-state index < -0.39 is 41.8 Å². The third kappa shape index (κ3) is 7.37. The molecule has 2 aromatic rings. The summed E-state index contributed by atoms with van der Waals surface area (Å²) in [6, 6.07) is 2.25. The summed E-state index contributed by atoms with van der Waals surface area (Å²) < 4.78 is 5.92. The Kier molecular flexibility index (Phi) is 9.30. The number of hydrogen-bond donors (Lipinski definition) is 4. The molecule has 0 bridgehead atoms. The molecule has 1 fully saturated rings. The van der Waals surface area contributed by atoms with Gasteiger partial charge in [-0.25, -0.2) is 9.59 Å². The number of ether oxygens (including phenoxy) is 1. The number of hydrogen-bond acceptors (Lipinski definition) is 7. The van der Waals surface area contributed by atoms with Crippen molar-refractivity contribution in [3.63, 3.8) is 0 Å². The lowest BCUT2D eigenvalue weighted by molar-refractivity contribution is -0.152. The molecule has 1 aliphatic heterocycles. The van der Waals surface area contributed by atoms with Gasteiger partial charge in [0.1, 0.15) is 17.2 Å². The molecule has 0 spiro atoms. The first-order valence-electron chi connectivity index (χ1n) is 11.8. The lowest BCUT2D eigenvalue weighted by Crippen LogP contribution is -2.59. The number of carboxylic acids is 1. The van der Waals surface area contributed by atoms with Gasteiger partial charge in [-0.3, -0.25) is 9.59 Å². The van der Waals surface area contributed by atoms with Crippen LogP contribution in [0.1, 0.15) is 39.2 Å². The molecule has 206 valence electrons. The van der Waals surface area contributed by atoms with Gasteiger partial charge in [0.25, 0.3) is 5.91 Å². The number of rotatable bonds is 7. The van der Waals surface area contributed by atoms with Crippen LogP contribution in [0.5, 0.6) is 0 Å². The Morgan fingerprint density at radius 2 is 1.87 bits per heavy atom. The van der Waals surface area contributed by atoms with Gasteiger partial charge in [0.15, 0.2) is 0 Å². The molecule has 13 heteroatoms. The average molecular weight is 586 g/mol. The molecular weight excluding hydrogens is 557 g/mol. The molecule has 1 aromatic heterocycles. The van der Waals surface area contributed by atoms with Gasteiger partial charge in [0.2, 0.25) is 5.91 Å². The van der Waals surface area contributed by atoms with Gasteiger partial charge in [0, 0.05) is 32.0 Å². The summed E-state index contributed by atoms with van der Waals surface area (Å²) in [5.74, 6) is -2.63. The molecule has 4 N–H and O–H groups in total. The number of benzene rings is 1. The van der Waals surface area contributed by atoms with Gasteiger partial charge >= 0.3 is 12.1 Å². The van der Waals surface area contributed by atoms with Gasteiger partial charge in [-0.2, -0.15) is 0 Å². The van der Waals surface area contributed by atoms with Crippen molar-refractivity contribution in [2.75, 3.05) is 19.6 Å². The third-order valence-corrected chi connectivity index (χ3v) is 7.78. The Hall–Kier alpha value is -2.86. The number of nitrogens with zero attached hydrogens (tertiary/aromatic N) is 1. The number of piperidine rings is 1. The molecule has 10 nitrogen and oxygen atoms in total. The van der Waals surface area contributed by atoms with E-state index in [-0.39, 0.29) is 31.8 Å². The third-order valence-electron chi connectivity index (χ3n) is 5.84. The van der Waals surface area contributed by atoms with Gasteiger partial charge in [-0.1, -0.05) is 23.2 Å². The summed E-state index contributed by atoms with van der Waals surface area (Å²) in [7, 11) is 0. The van der Waals surface area contributed by atoms with E-state index in [1.54, 1.807) is 26.8 Å². The topological polar surface area (TPSA) is 145 Å². The Morgan fingerprint density at radius 3 is 2.47 bits per heavy atom. The number of carbonyl (C=O) groups excluding carboxylic acids is 3. The maximum atomic E-state index is 12.7. The monoisotopic (exact) mass is 585 g/mol. The van der Waals surface area contributed by atoms with Gasteiger partial charge in [-0.05, 0) is 55.3 Å². The Bertz CT molecular complexity index is 1260. The molecule has 1 atom stereocenters. The molecule has 0 saturated carbocycles. The van der Waals surface area contributed by atoms with Crippen LogP contribution in [0.4, 0.5) is 4.79 Å². The zero-order valence-corrected chi connectivity index (χ0v) is 23.4. The Morgan fingerprint density at radius 1 is 1.21 bits per heavy atom. The SMILES string of the molecule is CC(C)(C)OC(=O)NC[C@H](NC(=O)C1(O)CCN(C(=O)/C=C/c2cc3ccsc3c(Cl)c2Cl)CC1)C(=O)O. The average Bonchev–Trinajstić information content (AvgIpc) is 3.30. The maximum Gasteiger partial charge on any atom is 0.407 e. The molecule has 38 heavy (non-hydrogen) atoms. The predicted octanol–water partition coefficient (Wildman–Crippen LogP) is 3.67. The van der Waals surface area contributed by atoms with Crippen LogP contribution in [0, 0.1) is 0 Å². The van der Waals surface area contributed by atoms with Gasteiger partial charge < -0.3 is 30.5 Å². The lowest BCUT2D eigenvalue weighted by atomic mass is 9.90. The summed E-state index contributed by atoms with van der Waals surface area (Å²) in [5.41, 5.74) is -2.07. The first-order chi connectivity index (χ1) is 17.7. The van der Waals surface area contributed by atoms with Crippen LogP contribution >= 0.6 is 34.5 Å². The summed E-state index contributed by atoms with van der Waals surface area (Å²) >= 11 is 14.2. The van der Waals surface area contributed by atoms with E-state index in [2.05, 4.69) is 10.6 Å². The fraction of sp³-hybridized carbons (Fsp3) is 0.440. The minimum absolute atomic E-state index is 0.0685. The van der Waals surface area contributed by atoms with Crippen molar-refractivity contribution in [1.29, 1.82) is 0 Å². The largest absolute Gasteiger partial charge is 0.480 e. The number of aliphatic hydroxyl groups is 1. The van der Waals surface area contributed by atoms with E-state index in [4.69, 9.17) is 27.9 Å². The van der Waals surface area contributed by atoms with Crippen molar-refractivity contribution in [2.24, 2.45) is 0 Å². The smallest absolute Gasteiger partial charge is 0.407 e. The van der Waals surface area contributed by atoms with E-state index in [1.165, 1.54) is 22.3 Å². The van der Waals surface area contributed by atoms with Crippen molar-refractivity contribution in [1.82, 2.24) is 15.5 Å². The minimum atomic E-state index is -1.87. The summed E-state index contributed by atoms with van der Waals surface area (Å²) in [4.78, 5) is 50.3. The number of carbonyl (C=O) groups is 4. The fourth-order valence-electron chi connectivity index (χ4n) is 3.77. The van der Waals surface area contributed by atoms with Gasteiger partial charge in [-0.15, -0.1) is 11.3 Å². The molecule has 1 aliphatic rings. The first kappa shape index (κ1) is 29.7. The molecule has 3 amide bonds. The fourth-order valence-corrected chi connectivity index (χ4v) is 5.21. The van der Waals surface area contributed by atoms with E-state index in [0.29, 0.717) is 15.6 Å². The highest BCUT2D eigenvalue weighted by atomic mass is 35.5. The highest BCUT2D eigenvalue weighted by Crippen LogP contribution is 2.37. The number of carboxylic acid groups (broad SMARTS) is 1. The molecule has 0 unspecified atom stereocenters. The first-order valence-corrected chi connectivity index (χ1v) is 13.4. The molecule has 3 rings (SSSR count). The van der Waals surface area contributed by atoms with Crippen molar-refractivity contribution < 1.29 is 34.1 Å². The molecule has 1 aromatic carbocycles. The number of alkyl carbamates (subject to hydrolysis) is 1. The van der Waals surface area contributed by atoms with Crippen LogP contribution in [0.25, 0.3) is 16.2 Å².